The predicted octanol–water partition coefficient (Wildman–Crippen LogP) is 3.78. The molecule has 0 radical (unpaired) electrons. The lowest BCUT2D eigenvalue weighted by Crippen LogP contribution is -2.15. The number of thioether (sulfide) groups is 1. The van der Waals surface area contributed by atoms with E-state index in [0.29, 0.717) is 16.3 Å². The second kappa shape index (κ2) is 11.0. The van der Waals surface area contributed by atoms with Crippen molar-refractivity contribution in [2.24, 2.45) is 0 Å². The number of aromatic nitrogens is 2. The van der Waals surface area contributed by atoms with Crippen molar-refractivity contribution in [3.05, 3.63) is 77.6 Å². The molecule has 0 bridgehead atoms. The maximum atomic E-state index is 13.7. The Bertz CT molecular complexity index is 1110. The van der Waals surface area contributed by atoms with Gasteiger partial charge in [0.25, 0.3) is 5.91 Å². The molecule has 0 saturated heterocycles. The number of halogens is 1. The highest BCUT2D eigenvalue weighted by Crippen LogP contribution is 2.17. The summed E-state index contributed by atoms with van der Waals surface area (Å²) >= 11 is 1.16. The van der Waals surface area contributed by atoms with E-state index in [0.717, 1.165) is 11.8 Å². The average molecular weight is 454 g/mol. The zero-order chi connectivity index (χ0) is 22.9. The molecule has 10 heteroatoms. The number of rotatable bonds is 8. The van der Waals surface area contributed by atoms with Crippen molar-refractivity contribution < 1.29 is 23.5 Å². The molecule has 0 unspecified atom stereocenters. The van der Waals surface area contributed by atoms with Gasteiger partial charge in [-0.2, -0.15) is 0 Å². The number of hydrogen-bond acceptors (Lipinski definition) is 7. The van der Waals surface area contributed by atoms with Gasteiger partial charge in [0, 0.05) is 5.69 Å². The number of hydrogen-bond donors (Lipinski definition) is 2. The first-order chi connectivity index (χ1) is 15.5. The molecule has 0 fully saturated rings. The quantitative estimate of drug-likeness (QED) is 0.394. The topological polar surface area (TPSA) is 110 Å². The van der Waals surface area contributed by atoms with E-state index in [2.05, 4.69) is 20.8 Å². The number of esters is 1. The molecule has 2 N–H and O–H groups in total. The lowest BCUT2D eigenvalue weighted by molar-refractivity contribution is -0.113. The van der Waals surface area contributed by atoms with Crippen molar-refractivity contribution in [2.45, 2.75) is 11.9 Å². The van der Waals surface area contributed by atoms with E-state index < -0.39 is 17.7 Å². The normalized spacial score (nSPS) is 10.3. The smallest absolute Gasteiger partial charge is 0.338 e. The van der Waals surface area contributed by atoms with E-state index >= 15 is 0 Å². The van der Waals surface area contributed by atoms with Crippen LogP contribution in [-0.4, -0.2) is 40.3 Å². The molecular weight excluding hydrogens is 435 g/mol. The molecule has 0 saturated carbocycles. The fourth-order valence-electron chi connectivity index (χ4n) is 2.53. The van der Waals surface area contributed by atoms with E-state index in [-0.39, 0.29) is 29.6 Å². The van der Waals surface area contributed by atoms with E-state index in [1.807, 2.05) is 0 Å². The van der Waals surface area contributed by atoms with Crippen molar-refractivity contribution in [3.63, 3.8) is 0 Å². The summed E-state index contributed by atoms with van der Waals surface area (Å²) < 4.78 is 18.6. The fraction of sp³-hybridized carbons (Fsp3) is 0.136. The van der Waals surface area contributed by atoms with Gasteiger partial charge in [0.15, 0.2) is 5.82 Å². The van der Waals surface area contributed by atoms with Crippen molar-refractivity contribution in [2.75, 3.05) is 23.0 Å². The molecular formula is C22H19FN4O4S. The number of carbonyl (C=O) groups excluding carboxylic acids is 3. The van der Waals surface area contributed by atoms with Gasteiger partial charge in [-0.05, 0) is 55.5 Å². The summed E-state index contributed by atoms with van der Waals surface area (Å²) in [5.74, 6) is -1.72. The zero-order valence-corrected chi connectivity index (χ0v) is 17.8. The van der Waals surface area contributed by atoms with Crippen LogP contribution >= 0.6 is 11.8 Å². The highest BCUT2D eigenvalue weighted by molar-refractivity contribution is 7.99. The number of ether oxygens (including phenoxy) is 1. The predicted molar refractivity (Wildman–Crippen MR) is 118 cm³/mol. The fourth-order valence-corrected chi connectivity index (χ4v) is 3.15. The number of nitrogens with zero attached hydrogens (tertiary/aromatic N) is 2. The number of carbonyl (C=O) groups is 3. The molecule has 164 valence electrons. The molecule has 0 atom stereocenters. The molecule has 3 aromatic rings. The Hall–Kier alpha value is -3.79. The maximum Gasteiger partial charge on any atom is 0.338 e. The van der Waals surface area contributed by atoms with Crippen molar-refractivity contribution >= 4 is 41.1 Å². The standard InChI is InChI=1S/C22H19FN4O4S/c1-2-31-22(30)14-7-9-15(10-8-14)24-19(28)13-32-20-12-11-18(26-27-20)25-21(29)16-5-3-4-6-17(16)23/h3-12H,2,13H2,1H3,(H,24,28)(H,25,26,29). The van der Waals surface area contributed by atoms with Gasteiger partial charge in [-0.3, -0.25) is 9.59 Å². The largest absolute Gasteiger partial charge is 0.462 e. The maximum absolute atomic E-state index is 13.7. The van der Waals surface area contributed by atoms with Crippen LogP contribution in [0.5, 0.6) is 0 Å². The molecule has 3 rings (SSSR count). The molecule has 2 aromatic carbocycles. The second-order valence-corrected chi connectivity index (χ2v) is 7.32. The Morgan fingerprint density at radius 2 is 1.72 bits per heavy atom. The molecule has 1 heterocycles. The first kappa shape index (κ1) is 22.9. The third kappa shape index (κ3) is 6.35. The average Bonchev–Trinajstić information content (AvgIpc) is 2.79. The van der Waals surface area contributed by atoms with Crippen molar-refractivity contribution in [3.8, 4) is 0 Å². The molecule has 8 nitrogen and oxygen atoms in total. The van der Waals surface area contributed by atoms with E-state index in [1.165, 1.54) is 24.3 Å². The lowest BCUT2D eigenvalue weighted by atomic mass is 10.2. The third-order valence-electron chi connectivity index (χ3n) is 4.03. The number of nitrogens with one attached hydrogen (secondary N) is 2. The minimum atomic E-state index is -0.633. The molecule has 0 aliphatic rings. The summed E-state index contributed by atoms with van der Waals surface area (Å²) in [5, 5.41) is 13.5. The van der Waals surface area contributed by atoms with Crippen LogP contribution in [-0.2, 0) is 9.53 Å². The first-order valence-corrected chi connectivity index (χ1v) is 10.5. The minimum Gasteiger partial charge on any atom is -0.462 e. The second-order valence-electron chi connectivity index (χ2n) is 6.33. The Balaban J connectivity index is 1.48. The number of benzene rings is 2. The zero-order valence-electron chi connectivity index (χ0n) is 17.0. The SMILES string of the molecule is CCOC(=O)c1ccc(NC(=O)CSc2ccc(NC(=O)c3ccccc3F)nn2)cc1. The van der Waals surface area contributed by atoms with Crippen molar-refractivity contribution in [1.82, 2.24) is 10.2 Å². The summed E-state index contributed by atoms with van der Waals surface area (Å²) in [6.07, 6.45) is 0. The van der Waals surface area contributed by atoms with Gasteiger partial charge < -0.3 is 15.4 Å². The Morgan fingerprint density at radius 1 is 0.969 bits per heavy atom. The van der Waals surface area contributed by atoms with Crippen molar-refractivity contribution in [1.29, 1.82) is 0 Å². The molecule has 0 aliphatic carbocycles. The van der Waals surface area contributed by atoms with Crippen LogP contribution in [0.25, 0.3) is 0 Å². The summed E-state index contributed by atoms with van der Waals surface area (Å²) in [6.45, 7) is 2.01. The van der Waals surface area contributed by atoms with E-state index in [4.69, 9.17) is 4.74 Å². The molecule has 1 aromatic heterocycles. The third-order valence-corrected chi connectivity index (χ3v) is 4.95. The molecule has 32 heavy (non-hydrogen) atoms. The lowest BCUT2D eigenvalue weighted by Gasteiger charge is -2.07. The Morgan fingerprint density at radius 3 is 2.38 bits per heavy atom. The van der Waals surface area contributed by atoms with Crippen LogP contribution in [0.15, 0.2) is 65.7 Å². The van der Waals surface area contributed by atoms with E-state index in [1.54, 1.807) is 43.3 Å². The summed E-state index contributed by atoms with van der Waals surface area (Å²) in [6, 6.07) is 15.1. The van der Waals surface area contributed by atoms with Gasteiger partial charge in [0.2, 0.25) is 5.91 Å². The highest BCUT2D eigenvalue weighted by Gasteiger charge is 2.12. The Kier molecular flexibility index (Phi) is 7.87. The summed E-state index contributed by atoms with van der Waals surface area (Å²) in [7, 11) is 0. The highest BCUT2D eigenvalue weighted by atomic mass is 32.2. The number of anilines is 2. The van der Waals surface area contributed by atoms with Gasteiger partial charge in [-0.15, -0.1) is 10.2 Å². The number of amides is 2. The van der Waals surface area contributed by atoms with E-state index in [9.17, 15) is 18.8 Å². The van der Waals surface area contributed by atoms with Crippen LogP contribution in [0, 0.1) is 5.82 Å². The van der Waals surface area contributed by atoms with Crippen LogP contribution in [0.3, 0.4) is 0 Å². The summed E-state index contributed by atoms with van der Waals surface area (Å²) in [5.41, 5.74) is 0.845. The van der Waals surface area contributed by atoms with Crippen LogP contribution in [0.2, 0.25) is 0 Å². The minimum absolute atomic E-state index is 0.0786. The van der Waals surface area contributed by atoms with Gasteiger partial charge in [0.05, 0.1) is 23.5 Å². The molecule has 0 spiro atoms. The molecule has 2 amide bonds. The monoisotopic (exact) mass is 454 g/mol. The van der Waals surface area contributed by atoms with Gasteiger partial charge >= 0.3 is 5.97 Å². The van der Waals surface area contributed by atoms with Crippen LogP contribution < -0.4 is 10.6 Å². The first-order valence-electron chi connectivity index (χ1n) is 9.55. The van der Waals surface area contributed by atoms with Gasteiger partial charge in [-0.25, -0.2) is 9.18 Å². The summed E-state index contributed by atoms with van der Waals surface area (Å²) in [4.78, 5) is 35.9. The Labute approximate surface area is 187 Å². The van der Waals surface area contributed by atoms with Gasteiger partial charge in [0.1, 0.15) is 10.8 Å². The molecule has 0 aliphatic heterocycles. The van der Waals surface area contributed by atoms with Crippen LogP contribution in [0.1, 0.15) is 27.6 Å². The van der Waals surface area contributed by atoms with Gasteiger partial charge in [-0.1, -0.05) is 23.9 Å². The van der Waals surface area contributed by atoms with Crippen LogP contribution in [0.4, 0.5) is 15.9 Å².